The van der Waals surface area contributed by atoms with Crippen LogP contribution in [0.5, 0.6) is 0 Å². The van der Waals surface area contributed by atoms with Crippen LogP contribution in [0.1, 0.15) is 84.0 Å². The zero-order valence-electron chi connectivity index (χ0n) is 12.5. The van der Waals surface area contributed by atoms with Gasteiger partial charge in [-0.1, -0.05) is 57.1 Å². The molecule has 106 valence electrons. The van der Waals surface area contributed by atoms with Gasteiger partial charge in [0.25, 0.3) is 0 Å². The fraction of sp³-hybridized carbons (Fsp3) is 0.882. The van der Waals surface area contributed by atoms with Crippen molar-refractivity contribution in [2.24, 2.45) is 0 Å². The molecule has 0 radical (unpaired) electrons. The smallest absolute Gasteiger partial charge is 0.0608 e. The molecule has 0 aliphatic heterocycles. The van der Waals surface area contributed by atoms with Crippen LogP contribution in [0, 0.1) is 0 Å². The van der Waals surface area contributed by atoms with Gasteiger partial charge in [0, 0.05) is 7.11 Å². The van der Waals surface area contributed by atoms with Crippen molar-refractivity contribution in [3.8, 4) is 0 Å². The molecule has 0 spiro atoms. The highest BCUT2D eigenvalue weighted by molar-refractivity contribution is 5.06. The van der Waals surface area contributed by atoms with Gasteiger partial charge in [-0.25, -0.2) is 0 Å². The summed E-state index contributed by atoms with van der Waals surface area (Å²) in [6.07, 6.45) is 19.1. The number of methoxy groups -OCH3 is 1. The fourth-order valence-electron chi connectivity index (χ4n) is 2.84. The summed E-state index contributed by atoms with van der Waals surface area (Å²) in [6.45, 7) is 2.28. The summed E-state index contributed by atoms with van der Waals surface area (Å²) in [7, 11) is 1.88. The molecular weight excluding hydrogens is 220 g/mol. The van der Waals surface area contributed by atoms with Gasteiger partial charge in [-0.2, -0.15) is 0 Å². The van der Waals surface area contributed by atoms with Crippen molar-refractivity contribution in [2.75, 3.05) is 7.11 Å². The maximum Gasteiger partial charge on any atom is 0.0608 e. The Morgan fingerprint density at radius 1 is 1.11 bits per heavy atom. The number of allylic oxidation sites excluding steroid dienone is 1. The van der Waals surface area contributed by atoms with E-state index >= 15 is 0 Å². The molecule has 1 unspecified atom stereocenters. The Hall–Kier alpha value is -0.300. The second-order valence-electron chi connectivity index (χ2n) is 5.73. The lowest BCUT2D eigenvalue weighted by molar-refractivity contribution is 0.0920. The molecule has 1 heteroatoms. The van der Waals surface area contributed by atoms with Crippen LogP contribution < -0.4 is 0 Å². The maximum atomic E-state index is 5.64. The molecule has 0 N–H and O–H groups in total. The number of hydrogen-bond donors (Lipinski definition) is 0. The van der Waals surface area contributed by atoms with Crippen molar-refractivity contribution in [1.29, 1.82) is 0 Å². The summed E-state index contributed by atoms with van der Waals surface area (Å²) < 4.78 is 5.64. The van der Waals surface area contributed by atoms with Crippen molar-refractivity contribution in [3.05, 3.63) is 11.6 Å². The first-order valence-electron chi connectivity index (χ1n) is 8.07. The lowest BCUT2D eigenvalue weighted by Gasteiger charge is -2.19. The highest BCUT2D eigenvalue weighted by Crippen LogP contribution is 2.24. The van der Waals surface area contributed by atoms with Crippen LogP contribution in [0.4, 0.5) is 0 Å². The summed E-state index contributed by atoms with van der Waals surface area (Å²) in [4.78, 5) is 0. The van der Waals surface area contributed by atoms with Gasteiger partial charge in [0.1, 0.15) is 0 Å². The Kier molecular flexibility index (Phi) is 9.28. The van der Waals surface area contributed by atoms with Crippen LogP contribution in [0.3, 0.4) is 0 Å². The van der Waals surface area contributed by atoms with Gasteiger partial charge in [0.05, 0.1) is 6.10 Å². The number of hydrogen-bond acceptors (Lipinski definition) is 1. The molecule has 0 aromatic heterocycles. The largest absolute Gasteiger partial charge is 0.381 e. The minimum Gasteiger partial charge on any atom is -0.381 e. The van der Waals surface area contributed by atoms with Crippen molar-refractivity contribution < 1.29 is 4.74 Å². The Labute approximate surface area is 114 Å². The molecule has 0 bridgehead atoms. The Bertz CT molecular complexity index is 220. The van der Waals surface area contributed by atoms with Crippen LogP contribution in [0.2, 0.25) is 0 Å². The van der Waals surface area contributed by atoms with E-state index in [-0.39, 0.29) is 0 Å². The quantitative estimate of drug-likeness (QED) is 0.361. The third-order valence-corrected chi connectivity index (χ3v) is 4.09. The van der Waals surface area contributed by atoms with Gasteiger partial charge in [-0.15, -0.1) is 0 Å². The van der Waals surface area contributed by atoms with E-state index in [0.717, 1.165) is 0 Å². The van der Waals surface area contributed by atoms with Gasteiger partial charge in [0.2, 0.25) is 0 Å². The molecule has 1 rings (SSSR count). The highest BCUT2D eigenvalue weighted by atomic mass is 16.5. The first-order valence-corrected chi connectivity index (χ1v) is 8.07. The predicted octanol–water partition coefficient (Wildman–Crippen LogP) is 5.64. The van der Waals surface area contributed by atoms with Crippen LogP contribution in [-0.2, 0) is 4.74 Å². The second kappa shape index (κ2) is 10.6. The molecule has 0 fully saturated rings. The van der Waals surface area contributed by atoms with Crippen molar-refractivity contribution in [2.45, 2.75) is 90.1 Å². The summed E-state index contributed by atoms with van der Waals surface area (Å²) in [5.41, 5.74) is 1.65. The van der Waals surface area contributed by atoms with Crippen molar-refractivity contribution in [1.82, 2.24) is 0 Å². The van der Waals surface area contributed by atoms with E-state index in [9.17, 15) is 0 Å². The summed E-state index contributed by atoms with van der Waals surface area (Å²) in [5.74, 6) is 0. The van der Waals surface area contributed by atoms with Crippen LogP contribution in [0.25, 0.3) is 0 Å². The van der Waals surface area contributed by atoms with E-state index in [2.05, 4.69) is 13.0 Å². The minimum atomic E-state index is 0.473. The van der Waals surface area contributed by atoms with Crippen molar-refractivity contribution in [3.63, 3.8) is 0 Å². The normalized spacial score (nSPS) is 17.6. The second-order valence-corrected chi connectivity index (χ2v) is 5.73. The molecule has 1 nitrogen and oxygen atoms in total. The first-order chi connectivity index (χ1) is 8.86. The maximum absolute atomic E-state index is 5.64. The molecule has 18 heavy (non-hydrogen) atoms. The topological polar surface area (TPSA) is 9.23 Å². The Morgan fingerprint density at radius 3 is 2.56 bits per heavy atom. The van der Waals surface area contributed by atoms with E-state index in [4.69, 9.17) is 4.74 Å². The van der Waals surface area contributed by atoms with Gasteiger partial charge in [-0.3, -0.25) is 0 Å². The minimum absolute atomic E-state index is 0.473. The van der Waals surface area contributed by atoms with E-state index < -0.39 is 0 Å². The van der Waals surface area contributed by atoms with Crippen molar-refractivity contribution >= 4 is 0 Å². The number of rotatable bonds is 10. The third-order valence-electron chi connectivity index (χ3n) is 4.09. The molecule has 0 saturated heterocycles. The molecule has 0 aromatic carbocycles. The summed E-state index contributed by atoms with van der Waals surface area (Å²) in [6, 6.07) is 0. The molecule has 1 atom stereocenters. The Morgan fingerprint density at radius 2 is 1.89 bits per heavy atom. The van der Waals surface area contributed by atoms with Gasteiger partial charge in [-0.05, 0) is 38.5 Å². The van der Waals surface area contributed by atoms with Gasteiger partial charge in [0.15, 0.2) is 0 Å². The third kappa shape index (κ3) is 7.20. The van der Waals surface area contributed by atoms with Crippen LogP contribution in [0.15, 0.2) is 11.6 Å². The monoisotopic (exact) mass is 252 g/mol. The number of ether oxygens (including phenoxy) is 1. The van der Waals surface area contributed by atoms with Crippen LogP contribution >= 0.6 is 0 Å². The average molecular weight is 252 g/mol. The van der Waals surface area contributed by atoms with E-state index in [1.165, 1.54) is 77.0 Å². The number of unbranched alkanes of at least 4 members (excludes halogenated alkanes) is 5. The zero-order chi connectivity index (χ0) is 13.1. The van der Waals surface area contributed by atoms with Gasteiger partial charge >= 0.3 is 0 Å². The lowest BCUT2D eigenvalue weighted by atomic mass is 9.93. The summed E-state index contributed by atoms with van der Waals surface area (Å²) >= 11 is 0. The predicted molar refractivity (Wildman–Crippen MR) is 80.0 cm³/mol. The standard InChI is InChI=1S/C17H32O/c1-3-4-5-6-7-11-14-17(18-2)15-16-12-9-8-10-13-16/h12,17H,3-11,13-15H2,1-2H3. The SMILES string of the molecule is CCCCCCCCC(CC1=CCCCC1)OC. The van der Waals surface area contributed by atoms with E-state index in [1.54, 1.807) is 5.57 Å². The van der Waals surface area contributed by atoms with E-state index in [1.807, 2.05) is 7.11 Å². The summed E-state index contributed by atoms with van der Waals surface area (Å²) in [5, 5.41) is 0. The first kappa shape index (κ1) is 15.8. The molecule has 1 aliphatic carbocycles. The molecular formula is C17H32O. The lowest BCUT2D eigenvalue weighted by Crippen LogP contribution is -2.12. The molecule has 0 amide bonds. The molecule has 0 aromatic rings. The molecule has 0 heterocycles. The fourth-order valence-corrected chi connectivity index (χ4v) is 2.84. The van der Waals surface area contributed by atoms with Gasteiger partial charge < -0.3 is 4.74 Å². The zero-order valence-corrected chi connectivity index (χ0v) is 12.5. The molecule has 1 aliphatic rings. The average Bonchev–Trinajstić information content (AvgIpc) is 2.42. The Balaban J connectivity index is 2.07. The highest BCUT2D eigenvalue weighted by Gasteiger charge is 2.11. The van der Waals surface area contributed by atoms with E-state index in [0.29, 0.717) is 6.10 Å². The van der Waals surface area contributed by atoms with Crippen LogP contribution in [-0.4, -0.2) is 13.2 Å². The molecule has 0 saturated carbocycles.